The van der Waals surface area contributed by atoms with Crippen LogP contribution in [0.3, 0.4) is 0 Å². The van der Waals surface area contributed by atoms with Crippen molar-refractivity contribution in [3.05, 3.63) is 45.0 Å². The van der Waals surface area contributed by atoms with E-state index in [1.807, 2.05) is 0 Å². The van der Waals surface area contributed by atoms with Crippen molar-refractivity contribution in [2.24, 2.45) is 0 Å². The molecular formula is C16H18N2O4S. The van der Waals surface area contributed by atoms with E-state index < -0.39 is 4.92 Å². The number of aromatic nitrogens is 1. The lowest BCUT2D eigenvalue weighted by molar-refractivity contribution is -0.384. The van der Waals surface area contributed by atoms with Gasteiger partial charge in [0, 0.05) is 17.7 Å². The molecule has 0 amide bonds. The van der Waals surface area contributed by atoms with Crippen molar-refractivity contribution >= 4 is 23.0 Å². The molecule has 0 saturated carbocycles. The molecule has 1 aromatic heterocycles. The molecule has 23 heavy (non-hydrogen) atoms. The average molecular weight is 334 g/mol. The number of unbranched alkanes of at least 4 members (excludes halogenated alkanes) is 1. The summed E-state index contributed by atoms with van der Waals surface area (Å²) in [7, 11) is 0. The fourth-order valence-electron chi connectivity index (χ4n) is 2.07. The summed E-state index contributed by atoms with van der Waals surface area (Å²) in [4.78, 5) is 27.4. The molecule has 122 valence electrons. The summed E-state index contributed by atoms with van der Waals surface area (Å²) in [5.74, 6) is -0.357. The standard InChI is InChI=1S/C16H18N2O4S/c1-3-5-6-13-14(16(19)22-4-2)23-15(17-13)11-7-9-12(10-8-11)18(20)21/h7-10H,3-6H2,1-2H3. The van der Waals surface area contributed by atoms with Crippen LogP contribution in [-0.2, 0) is 11.2 Å². The SMILES string of the molecule is CCCCc1nc(-c2ccc([N+](=O)[O-])cc2)sc1C(=O)OCC. The number of hydrogen-bond acceptors (Lipinski definition) is 6. The molecule has 0 aliphatic heterocycles. The summed E-state index contributed by atoms with van der Waals surface area (Å²) < 4.78 is 5.09. The highest BCUT2D eigenvalue weighted by Crippen LogP contribution is 2.30. The second-order valence-corrected chi connectivity index (χ2v) is 5.92. The Bertz CT molecular complexity index is 695. The Kier molecular flexibility index (Phi) is 5.81. The molecule has 0 N–H and O–H groups in total. The van der Waals surface area contributed by atoms with E-state index in [9.17, 15) is 14.9 Å². The molecule has 1 aromatic carbocycles. The summed E-state index contributed by atoms with van der Waals surface area (Å²) in [6.07, 6.45) is 2.66. The second-order valence-electron chi connectivity index (χ2n) is 4.92. The van der Waals surface area contributed by atoms with E-state index >= 15 is 0 Å². The first-order chi connectivity index (χ1) is 11.1. The van der Waals surface area contributed by atoms with Crippen LogP contribution in [0.4, 0.5) is 5.69 Å². The minimum absolute atomic E-state index is 0.0297. The van der Waals surface area contributed by atoms with Gasteiger partial charge in [0.05, 0.1) is 17.2 Å². The lowest BCUT2D eigenvalue weighted by Gasteiger charge is -2.01. The van der Waals surface area contributed by atoms with E-state index in [1.54, 1.807) is 19.1 Å². The zero-order valence-electron chi connectivity index (χ0n) is 13.1. The molecule has 1 heterocycles. The topological polar surface area (TPSA) is 82.3 Å². The van der Waals surface area contributed by atoms with E-state index in [2.05, 4.69) is 11.9 Å². The Morgan fingerprint density at radius 3 is 2.57 bits per heavy atom. The largest absolute Gasteiger partial charge is 0.462 e. The van der Waals surface area contributed by atoms with Crippen molar-refractivity contribution in [1.82, 2.24) is 4.98 Å². The third-order valence-corrected chi connectivity index (χ3v) is 4.38. The molecule has 2 aromatic rings. The Morgan fingerprint density at radius 2 is 2.00 bits per heavy atom. The molecule has 0 saturated heterocycles. The number of ether oxygens (including phenoxy) is 1. The number of non-ortho nitro benzene ring substituents is 1. The molecule has 7 heteroatoms. The van der Waals surface area contributed by atoms with Crippen LogP contribution in [-0.4, -0.2) is 22.5 Å². The van der Waals surface area contributed by atoms with Crippen LogP contribution in [0.25, 0.3) is 10.6 Å². The van der Waals surface area contributed by atoms with Gasteiger partial charge < -0.3 is 4.74 Å². The maximum absolute atomic E-state index is 12.1. The van der Waals surface area contributed by atoms with Crippen molar-refractivity contribution in [1.29, 1.82) is 0 Å². The number of rotatable bonds is 7. The summed E-state index contributed by atoms with van der Waals surface area (Å²) in [6.45, 7) is 4.16. The van der Waals surface area contributed by atoms with Gasteiger partial charge in [-0.2, -0.15) is 0 Å². The number of thiazole rings is 1. The van der Waals surface area contributed by atoms with Crippen LogP contribution < -0.4 is 0 Å². The van der Waals surface area contributed by atoms with Gasteiger partial charge in [0.1, 0.15) is 9.88 Å². The Morgan fingerprint density at radius 1 is 1.30 bits per heavy atom. The van der Waals surface area contributed by atoms with E-state index in [0.29, 0.717) is 22.9 Å². The van der Waals surface area contributed by atoms with E-state index in [4.69, 9.17) is 4.74 Å². The summed E-state index contributed by atoms with van der Waals surface area (Å²) in [6, 6.07) is 6.17. The molecule has 0 aliphatic carbocycles. The van der Waals surface area contributed by atoms with Gasteiger partial charge in [0.25, 0.3) is 5.69 Å². The van der Waals surface area contributed by atoms with Crippen molar-refractivity contribution < 1.29 is 14.5 Å². The quantitative estimate of drug-likeness (QED) is 0.430. The van der Waals surface area contributed by atoms with Gasteiger partial charge in [-0.05, 0) is 31.9 Å². The van der Waals surface area contributed by atoms with Crippen molar-refractivity contribution in [2.75, 3.05) is 6.61 Å². The Hall–Kier alpha value is -2.28. The maximum Gasteiger partial charge on any atom is 0.350 e. The highest BCUT2D eigenvalue weighted by Gasteiger charge is 2.20. The monoisotopic (exact) mass is 334 g/mol. The number of aryl methyl sites for hydroxylation is 1. The second kappa shape index (κ2) is 7.82. The number of benzene rings is 1. The van der Waals surface area contributed by atoms with Crippen LogP contribution in [0.15, 0.2) is 24.3 Å². The number of nitrogens with zero attached hydrogens (tertiary/aromatic N) is 2. The third kappa shape index (κ3) is 4.13. The minimum atomic E-state index is -0.442. The first-order valence-electron chi connectivity index (χ1n) is 7.48. The lowest BCUT2D eigenvalue weighted by atomic mass is 10.2. The van der Waals surface area contributed by atoms with Crippen molar-refractivity contribution in [3.8, 4) is 10.6 Å². The molecule has 0 unspecified atom stereocenters. The number of esters is 1. The summed E-state index contributed by atoms with van der Waals surface area (Å²) in [5.41, 5.74) is 1.53. The minimum Gasteiger partial charge on any atom is -0.462 e. The molecule has 2 rings (SSSR count). The molecule has 0 bridgehead atoms. The number of nitro groups is 1. The van der Waals surface area contributed by atoms with Crippen LogP contribution in [0.5, 0.6) is 0 Å². The number of hydrogen-bond donors (Lipinski definition) is 0. The maximum atomic E-state index is 12.1. The Balaban J connectivity index is 2.34. The van der Waals surface area contributed by atoms with Gasteiger partial charge >= 0.3 is 5.97 Å². The van der Waals surface area contributed by atoms with Crippen LogP contribution in [0.2, 0.25) is 0 Å². The Labute approximate surface area is 138 Å². The molecule has 0 spiro atoms. The van der Waals surface area contributed by atoms with Crippen LogP contribution in [0.1, 0.15) is 42.1 Å². The molecule has 0 aliphatic rings. The zero-order valence-corrected chi connectivity index (χ0v) is 13.9. The number of carbonyl (C=O) groups excluding carboxylic acids is 1. The fraction of sp³-hybridized carbons (Fsp3) is 0.375. The van der Waals surface area contributed by atoms with Gasteiger partial charge in [0.2, 0.25) is 0 Å². The van der Waals surface area contributed by atoms with E-state index in [-0.39, 0.29) is 11.7 Å². The van der Waals surface area contributed by atoms with Gasteiger partial charge in [-0.1, -0.05) is 13.3 Å². The van der Waals surface area contributed by atoms with Gasteiger partial charge in [-0.15, -0.1) is 11.3 Å². The van der Waals surface area contributed by atoms with E-state index in [0.717, 1.165) is 24.1 Å². The highest BCUT2D eigenvalue weighted by molar-refractivity contribution is 7.17. The first-order valence-corrected chi connectivity index (χ1v) is 8.30. The predicted octanol–water partition coefficient (Wildman–Crippen LogP) is 4.24. The van der Waals surface area contributed by atoms with Gasteiger partial charge in [-0.25, -0.2) is 9.78 Å². The molecular weight excluding hydrogens is 316 g/mol. The molecule has 6 nitrogen and oxygen atoms in total. The predicted molar refractivity (Wildman–Crippen MR) is 88.8 cm³/mol. The average Bonchev–Trinajstić information content (AvgIpc) is 2.97. The molecule has 0 atom stereocenters. The van der Waals surface area contributed by atoms with Gasteiger partial charge in [0.15, 0.2) is 0 Å². The smallest absolute Gasteiger partial charge is 0.350 e. The highest BCUT2D eigenvalue weighted by atomic mass is 32.1. The molecule has 0 fully saturated rings. The fourth-order valence-corrected chi connectivity index (χ4v) is 3.08. The summed E-state index contributed by atoms with van der Waals surface area (Å²) >= 11 is 1.27. The molecule has 0 radical (unpaired) electrons. The number of carbonyl (C=O) groups is 1. The van der Waals surface area contributed by atoms with Crippen molar-refractivity contribution in [2.45, 2.75) is 33.1 Å². The van der Waals surface area contributed by atoms with E-state index in [1.165, 1.54) is 23.5 Å². The van der Waals surface area contributed by atoms with Gasteiger partial charge in [-0.3, -0.25) is 10.1 Å². The third-order valence-electron chi connectivity index (χ3n) is 3.25. The van der Waals surface area contributed by atoms with Crippen molar-refractivity contribution in [3.63, 3.8) is 0 Å². The lowest BCUT2D eigenvalue weighted by Crippen LogP contribution is -2.05. The van der Waals surface area contributed by atoms with Crippen LogP contribution >= 0.6 is 11.3 Å². The normalized spacial score (nSPS) is 10.5. The number of nitro benzene ring substituents is 1. The van der Waals surface area contributed by atoms with Crippen LogP contribution in [0, 0.1) is 10.1 Å². The summed E-state index contributed by atoms with van der Waals surface area (Å²) in [5, 5.41) is 11.4. The zero-order chi connectivity index (χ0) is 16.8. The first kappa shape index (κ1) is 17.1.